The fourth-order valence-electron chi connectivity index (χ4n) is 6.61. The molecule has 7 heteroatoms. The molecule has 0 aliphatic rings. The molecular weight excluding hydrogens is 494 g/mol. The van der Waals surface area contributed by atoms with Crippen LogP contribution in [0.2, 0.25) is 0 Å². The highest BCUT2D eigenvalue weighted by Gasteiger charge is 2.19. The molecule has 0 unspecified atom stereocenters. The van der Waals surface area contributed by atoms with E-state index >= 15 is 0 Å². The topological polar surface area (TPSA) is 49.4 Å². The first-order chi connectivity index (χ1) is 19.8. The van der Waals surface area contributed by atoms with Gasteiger partial charge in [0.2, 0.25) is 11.6 Å². The van der Waals surface area contributed by atoms with Gasteiger partial charge in [-0.25, -0.2) is 9.97 Å². The molecule has 0 saturated heterocycles. The van der Waals surface area contributed by atoms with Crippen LogP contribution in [0.4, 0.5) is 0 Å². The molecule has 40 heavy (non-hydrogen) atoms. The van der Waals surface area contributed by atoms with E-state index in [-0.39, 0.29) is 0 Å². The fraction of sp³-hybridized carbons (Fsp3) is 0.0909. The van der Waals surface area contributed by atoms with E-state index in [1.807, 2.05) is 13.2 Å². The van der Waals surface area contributed by atoms with Crippen molar-refractivity contribution in [3.05, 3.63) is 121 Å². The molecule has 192 valence electrons. The lowest BCUT2D eigenvalue weighted by molar-refractivity contribution is 0.848. The SMILES string of the molecule is Cn1ccn2c3c(Cn4c5cccc(Cn6c7ccccc7c7ccccc76)c5n5ccnc45)cccc3nc12. The number of benzene rings is 4. The molecule has 0 spiro atoms. The molecule has 5 aromatic heterocycles. The summed E-state index contributed by atoms with van der Waals surface area (Å²) < 4.78 is 11.3. The Morgan fingerprint density at radius 3 is 2.02 bits per heavy atom. The number of hydrogen-bond donors (Lipinski definition) is 0. The number of hydrogen-bond acceptors (Lipinski definition) is 2. The average molecular weight is 520 g/mol. The lowest BCUT2D eigenvalue weighted by Gasteiger charge is -2.11. The molecule has 0 radical (unpaired) electrons. The Morgan fingerprint density at radius 1 is 0.575 bits per heavy atom. The van der Waals surface area contributed by atoms with E-state index in [2.05, 4.69) is 126 Å². The van der Waals surface area contributed by atoms with Gasteiger partial charge >= 0.3 is 0 Å². The van der Waals surface area contributed by atoms with Crippen LogP contribution < -0.4 is 0 Å². The highest BCUT2D eigenvalue weighted by molar-refractivity contribution is 6.08. The molecule has 0 aliphatic carbocycles. The van der Waals surface area contributed by atoms with Crippen LogP contribution in [0, 0.1) is 0 Å². The van der Waals surface area contributed by atoms with E-state index in [1.54, 1.807) is 0 Å². The van der Waals surface area contributed by atoms with Crippen LogP contribution in [-0.2, 0) is 20.1 Å². The summed E-state index contributed by atoms with van der Waals surface area (Å²) in [6.45, 7) is 1.47. The quantitative estimate of drug-likeness (QED) is 0.262. The Labute approximate surface area is 228 Å². The van der Waals surface area contributed by atoms with Gasteiger partial charge in [0.05, 0.1) is 35.2 Å². The summed E-state index contributed by atoms with van der Waals surface area (Å²) in [7, 11) is 2.03. The van der Waals surface area contributed by atoms with Crippen LogP contribution >= 0.6 is 0 Å². The van der Waals surface area contributed by atoms with Crippen LogP contribution in [0.25, 0.3) is 55.4 Å². The van der Waals surface area contributed by atoms with E-state index in [1.165, 1.54) is 44.0 Å². The molecular formula is C33H25N7. The van der Waals surface area contributed by atoms with Gasteiger partial charge in [-0.05, 0) is 35.4 Å². The Hall–Kier alpha value is -5.30. The van der Waals surface area contributed by atoms with E-state index in [0.29, 0.717) is 6.54 Å². The minimum Gasteiger partial charge on any atom is -0.336 e. The summed E-state index contributed by atoms with van der Waals surface area (Å²) in [4.78, 5) is 9.69. The van der Waals surface area contributed by atoms with Gasteiger partial charge in [-0.3, -0.25) is 8.80 Å². The second-order valence-electron chi connectivity index (χ2n) is 10.6. The second kappa shape index (κ2) is 7.86. The van der Waals surface area contributed by atoms with Crippen molar-refractivity contribution in [2.24, 2.45) is 7.05 Å². The van der Waals surface area contributed by atoms with E-state index < -0.39 is 0 Å². The summed E-state index contributed by atoms with van der Waals surface area (Å²) in [5, 5.41) is 2.58. The monoisotopic (exact) mass is 519 g/mol. The number of fused-ring (bicyclic) bond motifs is 9. The van der Waals surface area contributed by atoms with Gasteiger partial charge in [0.1, 0.15) is 0 Å². The molecule has 0 N–H and O–H groups in total. The first kappa shape index (κ1) is 21.6. The Kier molecular flexibility index (Phi) is 4.25. The summed E-state index contributed by atoms with van der Waals surface area (Å²) in [6, 6.07) is 30.4. The predicted octanol–water partition coefficient (Wildman–Crippen LogP) is 6.63. The fourth-order valence-corrected chi connectivity index (χ4v) is 6.61. The first-order valence-corrected chi connectivity index (χ1v) is 13.6. The zero-order chi connectivity index (χ0) is 26.4. The van der Waals surface area contributed by atoms with Gasteiger partial charge in [0.15, 0.2) is 0 Å². The summed E-state index contributed by atoms with van der Waals surface area (Å²) in [5.74, 6) is 1.88. The third kappa shape index (κ3) is 2.83. The molecule has 5 heterocycles. The second-order valence-corrected chi connectivity index (χ2v) is 10.6. The molecule has 0 fully saturated rings. The van der Waals surface area contributed by atoms with Crippen molar-refractivity contribution in [3.8, 4) is 0 Å². The first-order valence-electron chi connectivity index (χ1n) is 13.6. The number of imidazole rings is 4. The van der Waals surface area contributed by atoms with Crippen molar-refractivity contribution in [1.82, 2.24) is 32.5 Å². The maximum absolute atomic E-state index is 4.88. The van der Waals surface area contributed by atoms with Crippen LogP contribution in [-0.4, -0.2) is 32.5 Å². The highest BCUT2D eigenvalue weighted by atomic mass is 15.2. The number of para-hydroxylation sites is 4. The number of aromatic nitrogens is 7. The maximum atomic E-state index is 4.88. The van der Waals surface area contributed by atoms with Crippen LogP contribution in [0.3, 0.4) is 0 Å². The normalized spacial score (nSPS) is 12.3. The van der Waals surface area contributed by atoms with Crippen molar-refractivity contribution in [3.63, 3.8) is 0 Å². The average Bonchev–Trinajstić information content (AvgIpc) is 3.79. The largest absolute Gasteiger partial charge is 0.336 e. The third-order valence-electron chi connectivity index (χ3n) is 8.36. The van der Waals surface area contributed by atoms with Gasteiger partial charge in [0.25, 0.3) is 0 Å². The van der Waals surface area contributed by atoms with E-state index in [0.717, 1.165) is 29.1 Å². The van der Waals surface area contributed by atoms with Gasteiger partial charge in [-0.2, -0.15) is 0 Å². The summed E-state index contributed by atoms with van der Waals surface area (Å²) >= 11 is 0. The highest BCUT2D eigenvalue weighted by Crippen LogP contribution is 2.32. The van der Waals surface area contributed by atoms with Crippen molar-refractivity contribution >= 4 is 55.4 Å². The van der Waals surface area contributed by atoms with E-state index in [9.17, 15) is 0 Å². The zero-order valence-electron chi connectivity index (χ0n) is 21.9. The van der Waals surface area contributed by atoms with Crippen molar-refractivity contribution in [1.29, 1.82) is 0 Å². The summed E-state index contributed by atoms with van der Waals surface area (Å²) in [5.41, 5.74) is 9.50. The van der Waals surface area contributed by atoms with Crippen LogP contribution in [0.5, 0.6) is 0 Å². The number of nitrogens with zero attached hydrogens (tertiary/aromatic N) is 7. The maximum Gasteiger partial charge on any atom is 0.215 e. The molecule has 0 aliphatic heterocycles. The standard InChI is InChI=1S/C33H25N7/c1-36-18-19-38-30-22(8-6-12-26(30)35-33(36)38)21-40-29-15-7-9-23(31(29)37-17-16-34-32(37)40)20-39-27-13-4-2-10-24(27)25-11-3-5-14-28(25)39/h2-19H,20-21H2,1H3. The lowest BCUT2D eigenvalue weighted by atomic mass is 10.1. The number of aryl methyl sites for hydroxylation is 1. The molecule has 0 saturated carbocycles. The molecule has 0 amide bonds. The van der Waals surface area contributed by atoms with Crippen molar-refractivity contribution in [2.45, 2.75) is 13.1 Å². The van der Waals surface area contributed by atoms with Gasteiger partial charge < -0.3 is 13.7 Å². The van der Waals surface area contributed by atoms with Crippen molar-refractivity contribution < 1.29 is 0 Å². The smallest absolute Gasteiger partial charge is 0.215 e. The molecule has 9 rings (SSSR count). The minimum absolute atomic E-state index is 0.697. The summed E-state index contributed by atoms with van der Waals surface area (Å²) in [6.07, 6.45) is 8.13. The minimum atomic E-state index is 0.697. The Balaban J connectivity index is 1.25. The van der Waals surface area contributed by atoms with E-state index in [4.69, 9.17) is 9.97 Å². The molecule has 0 atom stereocenters. The van der Waals surface area contributed by atoms with Crippen molar-refractivity contribution in [2.75, 3.05) is 0 Å². The molecule has 4 aromatic carbocycles. The molecule has 0 bridgehead atoms. The van der Waals surface area contributed by atoms with Gasteiger partial charge in [-0.15, -0.1) is 0 Å². The van der Waals surface area contributed by atoms with Crippen LogP contribution in [0.1, 0.15) is 11.1 Å². The molecule has 7 nitrogen and oxygen atoms in total. The van der Waals surface area contributed by atoms with Gasteiger partial charge in [0, 0.05) is 53.6 Å². The third-order valence-corrected chi connectivity index (χ3v) is 8.36. The number of rotatable bonds is 4. The lowest BCUT2D eigenvalue weighted by Crippen LogP contribution is -2.03. The van der Waals surface area contributed by atoms with Crippen LogP contribution in [0.15, 0.2) is 110 Å². The van der Waals surface area contributed by atoms with Gasteiger partial charge in [-0.1, -0.05) is 60.7 Å². The Bertz CT molecular complexity index is 2350. The predicted molar refractivity (Wildman–Crippen MR) is 160 cm³/mol. The Morgan fingerprint density at radius 2 is 1.23 bits per heavy atom. The zero-order valence-corrected chi connectivity index (χ0v) is 21.9. The molecule has 9 aromatic rings.